The minimum atomic E-state index is -0.903. The molecule has 0 aliphatic carbocycles. The maximum absolute atomic E-state index is 12.2. The average molecular weight is 348 g/mol. The van der Waals surface area contributed by atoms with Gasteiger partial charge < -0.3 is 14.7 Å². The third-order valence-electron chi connectivity index (χ3n) is 3.35. The topological polar surface area (TPSA) is 62.7 Å². The van der Waals surface area contributed by atoms with E-state index in [0.717, 1.165) is 22.0 Å². The second-order valence-corrected chi connectivity index (χ2v) is 7.20. The first-order valence-corrected chi connectivity index (χ1v) is 8.80. The predicted octanol–water partition coefficient (Wildman–Crippen LogP) is 2.98. The zero-order valence-corrected chi connectivity index (χ0v) is 15.4. The van der Waals surface area contributed by atoms with Crippen LogP contribution in [0.1, 0.15) is 26.5 Å². The molecule has 6 heteroatoms. The van der Waals surface area contributed by atoms with Crippen molar-refractivity contribution in [2.45, 2.75) is 32.8 Å². The van der Waals surface area contributed by atoms with Crippen LogP contribution in [0, 0.1) is 0 Å². The fraction of sp³-hybridized carbons (Fsp3) is 0.444. The Labute approximate surface area is 146 Å². The molecule has 5 nitrogen and oxygen atoms in total. The number of ether oxygens (including phenoxy) is 1. The Morgan fingerprint density at radius 3 is 2.58 bits per heavy atom. The molecule has 0 atom stereocenters. The standard InChI is InChI=1S/C18H24N2O3S/c1-5-23-15-8-6-13(7-9-15)17-19-14(11-24-17)10-16(21)20(4)12-18(2,3)22/h6-9,11,22H,5,10,12H2,1-4H3. The van der Waals surface area contributed by atoms with Gasteiger partial charge in [0, 0.05) is 24.5 Å². The Morgan fingerprint density at radius 1 is 1.33 bits per heavy atom. The quantitative estimate of drug-likeness (QED) is 0.835. The van der Waals surface area contributed by atoms with Gasteiger partial charge in [-0.05, 0) is 45.0 Å². The van der Waals surface area contributed by atoms with Crippen LogP contribution >= 0.6 is 11.3 Å². The van der Waals surface area contributed by atoms with E-state index in [9.17, 15) is 9.90 Å². The number of likely N-dealkylation sites (N-methyl/N-ethyl adjacent to an activating group) is 1. The van der Waals surface area contributed by atoms with Crippen molar-refractivity contribution in [3.8, 4) is 16.3 Å². The van der Waals surface area contributed by atoms with Crippen LogP contribution in [0.15, 0.2) is 29.6 Å². The summed E-state index contributed by atoms with van der Waals surface area (Å²) in [4.78, 5) is 18.3. The number of nitrogens with zero attached hydrogens (tertiary/aromatic N) is 2. The Kier molecular flexibility index (Phi) is 5.96. The van der Waals surface area contributed by atoms with Crippen LogP contribution in [0.3, 0.4) is 0 Å². The summed E-state index contributed by atoms with van der Waals surface area (Å²) in [7, 11) is 1.69. The molecule has 130 valence electrons. The van der Waals surface area contributed by atoms with E-state index in [1.54, 1.807) is 20.9 Å². The molecule has 0 radical (unpaired) electrons. The molecule has 2 aromatic rings. The van der Waals surface area contributed by atoms with Gasteiger partial charge in [-0.15, -0.1) is 11.3 Å². The Balaban J connectivity index is 2.01. The third kappa shape index (κ3) is 5.32. The molecule has 0 bridgehead atoms. The van der Waals surface area contributed by atoms with Crippen LogP contribution in [0.4, 0.5) is 0 Å². The highest BCUT2D eigenvalue weighted by atomic mass is 32.1. The lowest BCUT2D eigenvalue weighted by Crippen LogP contribution is -2.40. The highest BCUT2D eigenvalue weighted by Crippen LogP contribution is 2.26. The Bertz CT molecular complexity index is 674. The predicted molar refractivity (Wildman–Crippen MR) is 96.4 cm³/mol. The fourth-order valence-electron chi connectivity index (χ4n) is 2.34. The van der Waals surface area contributed by atoms with Crippen molar-refractivity contribution in [3.63, 3.8) is 0 Å². The summed E-state index contributed by atoms with van der Waals surface area (Å²) < 4.78 is 5.43. The average Bonchev–Trinajstić information content (AvgIpc) is 2.95. The number of aromatic nitrogens is 1. The number of carbonyl (C=O) groups is 1. The lowest BCUT2D eigenvalue weighted by Gasteiger charge is -2.25. The normalized spacial score (nSPS) is 11.4. The molecular formula is C18H24N2O3S. The SMILES string of the molecule is CCOc1ccc(-c2nc(CC(=O)N(C)CC(C)(C)O)cs2)cc1. The number of carbonyl (C=O) groups excluding carboxylic acids is 1. The van der Waals surface area contributed by atoms with Gasteiger partial charge in [0.05, 0.1) is 24.3 Å². The number of hydrogen-bond donors (Lipinski definition) is 1. The van der Waals surface area contributed by atoms with Gasteiger partial charge >= 0.3 is 0 Å². The maximum atomic E-state index is 12.2. The van der Waals surface area contributed by atoms with Gasteiger partial charge in [-0.2, -0.15) is 0 Å². The van der Waals surface area contributed by atoms with Gasteiger partial charge in [-0.3, -0.25) is 4.79 Å². The molecule has 2 rings (SSSR count). The summed E-state index contributed by atoms with van der Waals surface area (Å²) in [5.41, 5.74) is 0.850. The van der Waals surface area contributed by atoms with Crippen molar-refractivity contribution < 1.29 is 14.6 Å². The van der Waals surface area contributed by atoms with Crippen molar-refractivity contribution >= 4 is 17.2 Å². The van der Waals surface area contributed by atoms with Crippen LogP contribution in [-0.2, 0) is 11.2 Å². The molecule has 1 amide bonds. The monoisotopic (exact) mass is 348 g/mol. The van der Waals surface area contributed by atoms with Crippen molar-refractivity contribution in [2.24, 2.45) is 0 Å². The van der Waals surface area contributed by atoms with Crippen LogP contribution < -0.4 is 4.74 Å². The van der Waals surface area contributed by atoms with E-state index in [1.807, 2.05) is 36.6 Å². The maximum Gasteiger partial charge on any atom is 0.228 e. The van der Waals surface area contributed by atoms with Crippen molar-refractivity contribution in [3.05, 3.63) is 35.3 Å². The molecule has 1 aromatic heterocycles. The van der Waals surface area contributed by atoms with E-state index < -0.39 is 5.60 Å². The second-order valence-electron chi connectivity index (χ2n) is 6.34. The molecule has 0 spiro atoms. The van der Waals surface area contributed by atoms with Crippen LogP contribution in [0.5, 0.6) is 5.75 Å². The Hall–Kier alpha value is -1.92. The number of benzene rings is 1. The van der Waals surface area contributed by atoms with E-state index in [-0.39, 0.29) is 12.3 Å². The molecule has 0 saturated carbocycles. The molecule has 1 N–H and O–H groups in total. The summed E-state index contributed by atoms with van der Waals surface area (Å²) >= 11 is 1.52. The summed E-state index contributed by atoms with van der Waals surface area (Å²) in [5, 5.41) is 12.6. The first-order valence-electron chi connectivity index (χ1n) is 7.92. The van der Waals surface area contributed by atoms with Gasteiger partial charge in [0.15, 0.2) is 0 Å². The number of amides is 1. The molecule has 24 heavy (non-hydrogen) atoms. The van der Waals surface area contributed by atoms with Crippen LogP contribution in [0.2, 0.25) is 0 Å². The van der Waals surface area contributed by atoms with E-state index >= 15 is 0 Å². The summed E-state index contributed by atoms with van der Waals surface area (Å²) in [6.45, 7) is 6.25. The molecule has 0 fully saturated rings. The molecular weight excluding hydrogens is 324 g/mol. The minimum absolute atomic E-state index is 0.0549. The van der Waals surface area contributed by atoms with Crippen molar-refractivity contribution in [1.29, 1.82) is 0 Å². The van der Waals surface area contributed by atoms with E-state index in [4.69, 9.17) is 4.74 Å². The lowest BCUT2D eigenvalue weighted by molar-refractivity contribution is -0.131. The first kappa shape index (κ1) is 18.4. The zero-order chi connectivity index (χ0) is 17.7. The number of thiazole rings is 1. The lowest BCUT2D eigenvalue weighted by atomic mass is 10.1. The summed E-state index contributed by atoms with van der Waals surface area (Å²) in [6.07, 6.45) is 0.236. The van der Waals surface area contributed by atoms with E-state index in [2.05, 4.69) is 4.98 Å². The molecule has 0 saturated heterocycles. The largest absolute Gasteiger partial charge is 0.494 e. The van der Waals surface area contributed by atoms with Gasteiger partial charge in [0.2, 0.25) is 5.91 Å². The molecule has 1 aromatic carbocycles. The van der Waals surface area contributed by atoms with Gasteiger partial charge in [0.1, 0.15) is 10.8 Å². The first-order chi connectivity index (χ1) is 11.3. The van der Waals surface area contributed by atoms with Gasteiger partial charge in [0.25, 0.3) is 0 Å². The fourth-order valence-corrected chi connectivity index (χ4v) is 3.17. The highest BCUT2D eigenvalue weighted by molar-refractivity contribution is 7.13. The van der Waals surface area contributed by atoms with E-state index in [0.29, 0.717) is 13.2 Å². The number of rotatable bonds is 7. The minimum Gasteiger partial charge on any atom is -0.494 e. The van der Waals surface area contributed by atoms with Crippen molar-refractivity contribution in [2.75, 3.05) is 20.2 Å². The highest BCUT2D eigenvalue weighted by Gasteiger charge is 2.20. The summed E-state index contributed by atoms with van der Waals surface area (Å²) in [5.74, 6) is 0.780. The van der Waals surface area contributed by atoms with Crippen molar-refractivity contribution in [1.82, 2.24) is 9.88 Å². The second kappa shape index (κ2) is 7.77. The molecule has 0 unspecified atom stereocenters. The zero-order valence-electron chi connectivity index (χ0n) is 14.6. The molecule has 1 heterocycles. The van der Waals surface area contributed by atoms with Gasteiger partial charge in [-0.25, -0.2) is 4.98 Å². The smallest absolute Gasteiger partial charge is 0.228 e. The van der Waals surface area contributed by atoms with Crippen LogP contribution in [0.25, 0.3) is 10.6 Å². The van der Waals surface area contributed by atoms with Gasteiger partial charge in [-0.1, -0.05) is 0 Å². The number of aliphatic hydroxyl groups is 1. The Morgan fingerprint density at radius 2 is 2.00 bits per heavy atom. The number of hydrogen-bond acceptors (Lipinski definition) is 5. The van der Waals surface area contributed by atoms with E-state index in [1.165, 1.54) is 16.2 Å². The molecule has 0 aliphatic rings. The molecule has 0 aliphatic heterocycles. The van der Waals surface area contributed by atoms with Crippen LogP contribution in [-0.4, -0.2) is 46.7 Å². The summed E-state index contributed by atoms with van der Waals surface area (Å²) in [6, 6.07) is 7.77. The third-order valence-corrected chi connectivity index (χ3v) is 4.29.